The number of pyridine rings is 1. The van der Waals surface area contributed by atoms with Crippen molar-refractivity contribution in [2.45, 2.75) is 38.8 Å². The molecule has 6 heteroatoms. The molecule has 0 saturated carbocycles. The number of hydrogen-bond acceptors (Lipinski definition) is 6. The minimum atomic E-state index is 0.186. The zero-order valence-electron chi connectivity index (χ0n) is 19.5. The highest BCUT2D eigenvalue weighted by Crippen LogP contribution is 2.34. The molecular formula is C28H30N6. The number of aromatic nitrogens is 3. The SMILES string of the molecule is C[C@@H](Cc1cccc(CN)c1)Nc1nccc(N2CCCc3cnc(-c4ccccc4)cc32)n1. The van der Waals surface area contributed by atoms with E-state index in [4.69, 9.17) is 15.7 Å². The van der Waals surface area contributed by atoms with E-state index in [9.17, 15) is 0 Å². The molecule has 0 unspecified atom stereocenters. The highest BCUT2D eigenvalue weighted by Gasteiger charge is 2.21. The number of benzene rings is 2. The highest BCUT2D eigenvalue weighted by atomic mass is 15.2. The molecule has 0 amide bonds. The molecule has 5 rings (SSSR count). The molecule has 3 heterocycles. The van der Waals surface area contributed by atoms with Crippen LogP contribution in [0.3, 0.4) is 0 Å². The van der Waals surface area contributed by atoms with Crippen molar-refractivity contribution >= 4 is 17.5 Å². The average molecular weight is 451 g/mol. The summed E-state index contributed by atoms with van der Waals surface area (Å²) in [6.45, 7) is 3.63. The summed E-state index contributed by atoms with van der Waals surface area (Å²) < 4.78 is 0. The second-order valence-corrected chi connectivity index (χ2v) is 8.83. The molecule has 1 aliphatic rings. The standard InChI is InChI=1S/C28H30N6/c1-20(15-21-7-5-8-22(16-21)18-29)32-28-30-13-12-27(33-28)34-14-6-11-24-19-31-25(17-26(24)34)23-9-3-2-4-10-23/h2-5,7-10,12-13,16-17,19-20H,6,11,14-15,18,29H2,1H3,(H,30,32,33)/t20-/m0/s1. The zero-order valence-corrected chi connectivity index (χ0v) is 19.5. The largest absolute Gasteiger partial charge is 0.351 e. The second-order valence-electron chi connectivity index (χ2n) is 8.83. The molecule has 6 nitrogen and oxygen atoms in total. The minimum Gasteiger partial charge on any atom is -0.351 e. The van der Waals surface area contributed by atoms with Crippen molar-refractivity contribution < 1.29 is 0 Å². The van der Waals surface area contributed by atoms with Crippen molar-refractivity contribution in [1.82, 2.24) is 15.0 Å². The number of nitrogens with zero attached hydrogens (tertiary/aromatic N) is 4. The summed E-state index contributed by atoms with van der Waals surface area (Å²) in [5, 5.41) is 3.48. The molecule has 0 saturated heterocycles. The van der Waals surface area contributed by atoms with Crippen molar-refractivity contribution in [3.05, 3.63) is 95.8 Å². The van der Waals surface area contributed by atoms with Crippen LogP contribution in [-0.2, 0) is 19.4 Å². The van der Waals surface area contributed by atoms with Gasteiger partial charge in [0.15, 0.2) is 0 Å². The maximum atomic E-state index is 5.79. The summed E-state index contributed by atoms with van der Waals surface area (Å²) >= 11 is 0. The maximum absolute atomic E-state index is 5.79. The summed E-state index contributed by atoms with van der Waals surface area (Å²) in [4.78, 5) is 16.4. The molecule has 172 valence electrons. The fourth-order valence-electron chi connectivity index (χ4n) is 4.55. The molecule has 0 bridgehead atoms. The van der Waals surface area contributed by atoms with Gasteiger partial charge in [-0.1, -0.05) is 54.6 Å². The van der Waals surface area contributed by atoms with Gasteiger partial charge in [-0.15, -0.1) is 0 Å². The summed E-state index contributed by atoms with van der Waals surface area (Å²) in [7, 11) is 0. The van der Waals surface area contributed by atoms with Gasteiger partial charge in [-0.3, -0.25) is 4.98 Å². The summed E-state index contributed by atoms with van der Waals surface area (Å²) in [6, 6.07) is 23.1. The van der Waals surface area contributed by atoms with E-state index >= 15 is 0 Å². The molecule has 1 aliphatic heterocycles. The van der Waals surface area contributed by atoms with Gasteiger partial charge in [0.05, 0.1) is 5.69 Å². The van der Waals surface area contributed by atoms with E-state index in [1.807, 2.05) is 36.7 Å². The average Bonchev–Trinajstić information content (AvgIpc) is 2.88. The first-order valence-corrected chi connectivity index (χ1v) is 11.9. The number of anilines is 3. The van der Waals surface area contributed by atoms with Crippen molar-refractivity contribution in [2.75, 3.05) is 16.8 Å². The molecule has 3 N–H and O–H groups in total. The predicted molar refractivity (Wildman–Crippen MR) is 138 cm³/mol. The van der Waals surface area contributed by atoms with Crippen LogP contribution < -0.4 is 16.0 Å². The summed E-state index contributed by atoms with van der Waals surface area (Å²) in [6.07, 6.45) is 6.82. The van der Waals surface area contributed by atoms with Crippen LogP contribution >= 0.6 is 0 Å². The molecule has 0 radical (unpaired) electrons. The Labute approximate surface area is 200 Å². The van der Waals surface area contributed by atoms with Crippen molar-refractivity contribution in [2.24, 2.45) is 5.73 Å². The molecular weight excluding hydrogens is 420 g/mol. The first-order valence-electron chi connectivity index (χ1n) is 11.9. The van der Waals surface area contributed by atoms with Gasteiger partial charge in [-0.25, -0.2) is 4.98 Å². The number of nitrogens with one attached hydrogen (secondary N) is 1. The van der Waals surface area contributed by atoms with Gasteiger partial charge in [0, 0.05) is 42.8 Å². The molecule has 1 atom stereocenters. The van der Waals surface area contributed by atoms with Crippen LogP contribution in [0.25, 0.3) is 11.3 Å². The summed E-state index contributed by atoms with van der Waals surface area (Å²) in [5.74, 6) is 1.55. The number of fused-ring (bicyclic) bond motifs is 1. The van der Waals surface area contributed by atoms with Gasteiger partial charge in [0.2, 0.25) is 5.95 Å². The molecule has 4 aromatic rings. The Morgan fingerprint density at radius 1 is 1.00 bits per heavy atom. The van der Waals surface area contributed by atoms with Crippen LogP contribution in [-0.4, -0.2) is 27.5 Å². The molecule has 2 aromatic carbocycles. The topological polar surface area (TPSA) is 80.0 Å². The Morgan fingerprint density at radius 3 is 2.71 bits per heavy atom. The smallest absolute Gasteiger partial charge is 0.224 e. The number of aryl methyl sites for hydroxylation is 1. The molecule has 0 spiro atoms. The Hall–Kier alpha value is -3.77. The van der Waals surface area contributed by atoms with Gasteiger partial charge in [-0.05, 0) is 55.0 Å². The van der Waals surface area contributed by atoms with Gasteiger partial charge in [0.25, 0.3) is 0 Å². The minimum absolute atomic E-state index is 0.186. The summed E-state index contributed by atoms with van der Waals surface area (Å²) in [5.41, 5.74) is 12.7. The van der Waals surface area contributed by atoms with E-state index in [0.717, 1.165) is 48.4 Å². The van der Waals surface area contributed by atoms with Crippen molar-refractivity contribution in [1.29, 1.82) is 0 Å². The quantitative estimate of drug-likeness (QED) is 0.407. The first kappa shape index (κ1) is 22.0. The van der Waals surface area contributed by atoms with Crippen LogP contribution in [0.4, 0.5) is 17.5 Å². The molecule has 34 heavy (non-hydrogen) atoms. The van der Waals surface area contributed by atoms with E-state index in [1.165, 1.54) is 16.8 Å². The van der Waals surface area contributed by atoms with Crippen molar-refractivity contribution in [3.63, 3.8) is 0 Å². The lowest BCUT2D eigenvalue weighted by Crippen LogP contribution is -2.26. The second kappa shape index (κ2) is 10.0. The lowest BCUT2D eigenvalue weighted by Gasteiger charge is -2.30. The molecule has 2 aromatic heterocycles. The highest BCUT2D eigenvalue weighted by molar-refractivity contribution is 5.72. The first-order chi connectivity index (χ1) is 16.7. The lowest BCUT2D eigenvalue weighted by molar-refractivity contribution is 0.749. The van der Waals surface area contributed by atoms with Crippen LogP contribution in [0, 0.1) is 0 Å². The number of rotatable bonds is 7. The predicted octanol–water partition coefficient (Wildman–Crippen LogP) is 5.12. The number of hydrogen-bond donors (Lipinski definition) is 2. The van der Waals surface area contributed by atoms with E-state index in [0.29, 0.717) is 12.5 Å². The van der Waals surface area contributed by atoms with E-state index in [1.54, 1.807) is 0 Å². The van der Waals surface area contributed by atoms with Crippen LogP contribution in [0.1, 0.15) is 30.0 Å². The van der Waals surface area contributed by atoms with Gasteiger partial charge < -0.3 is 16.0 Å². The Bertz CT molecular complexity index is 1260. The van der Waals surface area contributed by atoms with Crippen LogP contribution in [0.5, 0.6) is 0 Å². The van der Waals surface area contributed by atoms with Gasteiger partial charge >= 0.3 is 0 Å². The van der Waals surface area contributed by atoms with Gasteiger partial charge in [0.1, 0.15) is 5.82 Å². The number of nitrogens with two attached hydrogens (primary N) is 1. The lowest BCUT2D eigenvalue weighted by atomic mass is 10.0. The van der Waals surface area contributed by atoms with E-state index in [2.05, 4.69) is 64.6 Å². The fourth-order valence-corrected chi connectivity index (χ4v) is 4.55. The molecule has 0 fully saturated rings. The normalized spacial score (nSPS) is 13.9. The third kappa shape index (κ3) is 4.92. The Kier molecular flexibility index (Phi) is 6.49. The Balaban J connectivity index is 1.36. The van der Waals surface area contributed by atoms with E-state index < -0.39 is 0 Å². The maximum Gasteiger partial charge on any atom is 0.224 e. The molecule has 0 aliphatic carbocycles. The van der Waals surface area contributed by atoms with Gasteiger partial charge in [-0.2, -0.15) is 4.98 Å². The van der Waals surface area contributed by atoms with E-state index in [-0.39, 0.29) is 6.04 Å². The third-order valence-corrected chi connectivity index (χ3v) is 6.21. The Morgan fingerprint density at radius 2 is 1.85 bits per heavy atom. The fraction of sp³-hybridized carbons (Fsp3) is 0.250. The monoisotopic (exact) mass is 450 g/mol. The van der Waals surface area contributed by atoms with Crippen molar-refractivity contribution in [3.8, 4) is 11.3 Å². The van der Waals surface area contributed by atoms with Crippen LogP contribution in [0.2, 0.25) is 0 Å². The van der Waals surface area contributed by atoms with Crippen LogP contribution in [0.15, 0.2) is 79.1 Å². The third-order valence-electron chi connectivity index (χ3n) is 6.21. The zero-order chi connectivity index (χ0) is 23.3.